The van der Waals surface area contributed by atoms with Gasteiger partial charge < -0.3 is 20.7 Å². The first-order chi connectivity index (χ1) is 13.0. The molecule has 0 radical (unpaired) electrons. The number of hydrogen-bond acceptors (Lipinski definition) is 4. The Balaban J connectivity index is 1.91. The molecule has 0 spiro atoms. The molecule has 0 aliphatic carbocycles. The Hall–Kier alpha value is -2.93. The van der Waals surface area contributed by atoms with Crippen LogP contribution >= 0.6 is 0 Å². The number of piperazine rings is 1. The van der Waals surface area contributed by atoms with Crippen molar-refractivity contribution in [3.8, 4) is 5.75 Å². The van der Waals surface area contributed by atoms with Crippen molar-refractivity contribution < 1.29 is 18.7 Å². The van der Waals surface area contributed by atoms with E-state index in [1.165, 1.54) is 29.2 Å². The molecule has 0 aromatic heterocycles. The fourth-order valence-electron chi connectivity index (χ4n) is 3.09. The minimum Gasteiger partial charge on any atom is -0.492 e. The third-order valence-corrected chi connectivity index (χ3v) is 4.47. The van der Waals surface area contributed by atoms with E-state index < -0.39 is 11.9 Å². The molecule has 3 rings (SSSR count). The summed E-state index contributed by atoms with van der Waals surface area (Å²) in [5, 5.41) is 2.76. The molecule has 1 heterocycles. The van der Waals surface area contributed by atoms with E-state index >= 15 is 0 Å². The van der Waals surface area contributed by atoms with Gasteiger partial charge >= 0.3 is 0 Å². The van der Waals surface area contributed by atoms with E-state index in [1.54, 1.807) is 18.2 Å². The van der Waals surface area contributed by atoms with E-state index in [4.69, 9.17) is 10.5 Å². The van der Waals surface area contributed by atoms with Crippen LogP contribution in [0.1, 0.15) is 27.5 Å². The quantitative estimate of drug-likeness (QED) is 0.839. The van der Waals surface area contributed by atoms with E-state index in [-0.39, 0.29) is 11.8 Å². The van der Waals surface area contributed by atoms with Crippen molar-refractivity contribution >= 4 is 11.8 Å². The standard InChI is InChI=1S/C20H22FN3O3/c1-13-2-3-15(12-17(13)27-11-8-22)20(26)24-10-9-23-19(25)18(24)14-4-6-16(21)7-5-14/h2-7,12,18H,8-11,22H2,1H3,(H,23,25)/t18-/m1/s1. The second-order valence-electron chi connectivity index (χ2n) is 6.36. The molecule has 1 aliphatic heterocycles. The summed E-state index contributed by atoms with van der Waals surface area (Å²) >= 11 is 0. The number of amides is 2. The lowest BCUT2D eigenvalue weighted by molar-refractivity contribution is -0.128. The van der Waals surface area contributed by atoms with Crippen molar-refractivity contribution in [2.45, 2.75) is 13.0 Å². The van der Waals surface area contributed by atoms with Gasteiger partial charge in [-0.2, -0.15) is 0 Å². The predicted molar refractivity (Wildman–Crippen MR) is 98.9 cm³/mol. The van der Waals surface area contributed by atoms with Gasteiger partial charge in [0.15, 0.2) is 0 Å². The van der Waals surface area contributed by atoms with E-state index in [0.717, 1.165) is 5.56 Å². The highest BCUT2D eigenvalue weighted by Crippen LogP contribution is 2.27. The Morgan fingerprint density at radius 3 is 2.74 bits per heavy atom. The first kappa shape index (κ1) is 18.8. The molecular formula is C20H22FN3O3. The van der Waals surface area contributed by atoms with Crippen LogP contribution in [0.4, 0.5) is 4.39 Å². The van der Waals surface area contributed by atoms with E-state index in [1.807, 2.05) is 6.92 Å². The van der Waals surface area contributed by atoms with Gasteiger partial charge in [-0.15, -0.1) is 0 Å². The van der Waals surface area contributed by atoms with Crippen molar-refractivity contribution in [1.29, 1.82) is 0 Å². The summed E-state index contributed by atoms with van der Waals surface area (Å²) in [6, 6.07) is 9.99. The summed E-state index contributed by atoms with van der Waals surface area (Å²) in [5.41, 5.74) is 7.36. The van der Waals surface area contributed by atoms with Crippen LogP contribution in [-0.4, -0.2) is 43.0 Å². The number of nitrogens with zero attached hydrogens (tertiary/aromatic N) is 1. The van der Waals surface area contributed by atoms with Gasteiger partial charge in [0.2, 0.25) is 5.91 Å². The third kappa shape index (κ3) is 4.09. The largest absolute Gasteiger partial charge is 0.492 e. The van der Waals surface area contributed by atoms with Crippen LogP contribution in [0.2, 0.25) is 0 Å². The molecule has 2 aromatic carbocycles. The number of nitrogens with two attached hydrogens (primary N) is 1. The highest BCUT2D eigenvalue weighted by atomic mass is 19.1. The molecule has 1 atom stereocenters. The molecule has 1 fully saturated rings. The number of benzene rings is 2. The van der Waals surface area contributed by atoms with E-state index in [0.29, 0.717) is 43.1 Å². The van der Waals surface area contributed by atoms with Gasteiger partial charge in [0.25, 0.3) is 5.91 Å². The lowest BCUT2D eigenvalue weighted by atomic mass is 10.0. The van der Waals surface area contributed by atoms with Gasteiger partial charge in [0.1, 0.15) is 24.2 Å². The molecule has 0 unspecified atom stereocenters. The van der Waals surface area contributed by atoms with Gasteiger partial charge in [-0.05, 0) is 42.3 Å². The van der Waals surface area contributed by atoms with Gasteiger partial charge in [-0.25, -0.2) is 4.39 Å². The molecule has 7 heteroatoms. The fraction of sp³-hybridized carbons (Fsp3) is 0.300. The molecule has 1 aliphatic rings. The highest BCUT2D eigenvalue weighted by molar-refractivity contribution is 5.99. The second-order valence-corrected chi connectivity index (χ2v) is 6.36. The zero-order valence-electron chi connectivity index (χ0n) is 15.1. The molecule has 0 saturated carbocycles. The highest BCUT2D eigenvalue weighted by Gasteiger charge is 2.35. The summed E-state index contributed by atoms with van der Waals surface area (Å²) in [5.74, 6) is -0.371. The topological polar surface area (TPSA) is 84.7 Å². The summed E-state index contributed by atoms with van der Waals surface area (Å²) < 4.78 is 18.8. The first-order valence-corrected chi connectivity index (χ1v) is 8.79. The van der Waals surface area contributed by atoms with Gasteiger partial charge in [-0.1, -0.05) is 18.2 Å². The van der Waals surface area contributed by atoms with Gasteiger partial charge in [0.05, 0.1) is 0 Å². The molecular weight excluding hydrogens is 349 g/mol. The molecule has 0 bridgehead atoms. The number of carbonyl (C=O) groups excluding carboxylic acids is 2. The van der Waals surface area contributed by atoms with Crippen molar-refractivity contribution in [3.63, 3.8) is 0 Å². The van der Waals surface area contributed by atoms with Crippen LogP contribution in [0.3, 0.4) is 0 Å². The monoisotopic (exact) mass is 371 g/mol. The Morgan fingerprint density at radius 2 is 2.04 bits per heavy atom. The lowest BCUT2D eigenvalue weighted by Gasteiger charge is -2.35. The van der Waals surface area contributed by atoms with Crippen molar-refractivity contribution in [2.75, 3.05) is 26.2 Å². The summed E-state index contributed by atoms with van der Waals surface area (Å²) in [4.78, 5) is 27.1. The smallest absolute Gasteiger partial charge is 0.255 e. The van der Waals surface area contributed by atoms with Crippen LogP contribution in [0.15, 0.2) is 42.5 Å². The summed E-state index contributed by atoms with van der Waals surface area (Å²) in [6.07, 6.45) is 0. The number of ether oxygens (including phenoxy) is 1. The Morgan fingerprint density at radius 1 is 1.30 bits per heavy atom. The first-order valence-electron chi connectivity index (χ1n) is 8.79. The minimum atomic E-state index is -0.804. The molecule has 2 aromatic rings. The average molecular weight is 371 g/mol. The maximum atomic E-state index is 13.3. The second kappa shape index (κ2) is 8.18. The Kier molecular flexibility index (Phi) is 5.71. The minimum absolute atomic E-state index is 0.281. The normalized spacial score (nSPS) is 16.8. The van der Waals surface area contributed by atoms with Gasteiger partial charge in [-0.3, -0.25) is 9.59 Å². The molecule has 142 valence electrons. The average Bonchev–Trinajstić information content (AvgIpc) is 2.67. The molecule has 27 heavy (non-hydrogen) atoms. The molecule has 1 saturated heterocycles. The maximum absolute atomic E-state index is 13.3. The number of carbonyl (C=O) groups is 2. The lowest BCUT2D eigenvalue weighted by Crippen LogP contribution is -2.52. The van der Waals surface area contributed by atoms with Crippen LogP contribution in [0, 0.1) is 12.7 Å². The number of rotatable bonds is 5. The third-order valence-electron chi connectivity index (χ3n) is 4.47. The molecule has 2 amide bonds. The van der Waals surface area contributed by atoms with Crippen molar-refractivity contribution in [3.05, 3.63) is 65.0 Å². The molecule has 3 N–H and O–H groups in total. The SMILES string of the molecule is Cc1ccc(C(=O)N2CCNC(=O)[C@H]2c2ccc(F)cc2)cc1OCCN. The van der Waals surface area contributed by atoms with Crippen molar-refractivity contribution in [1.82, 2.24) is 10.2 Å². The van der Waals surface area contributed by atoms with E-state index in [2.05, 4.69) is 5.32 Å². The summed E-state index contributed by atoms with van der Waals surface area (Å²) in [7, 11) is 0. The van der Waals surface area contributed by atoms with Gasteiger partial charge in [0, 0.05) is 25.2 Å². The number of halogens is 1. The Bertz CT molecular complexity index is 839. The van der Waals surface area contributed by atoms with Crippen LogP contribution in [0.5, 0.6) is 5.75 Å². The van der Waals surface area contributed by atoms with Crippen molar-refractivity contribution in [2.24, 2.45) is 5.73 Å². The fourth-order valence-corrected chi connectivity index (χ4v) is 3.09. The van der Waals surface area contributed by atoms with Crippen LogP contribution in [-0.2, 0) is 4.79 Å². The van der Waals surface area contributed by atoms with Crippen LogP contribution < -0.4 is 15.8 Å². The number of aryl methyl sites for hydroxylation is 1. The predicted octanol–water partition coefficient (Wildman–Crippen LogP) is 1.78. The zero-order chi connectivity index (χ0) is 19.4. The number of hydrogen-bond donors (Lipinski definition) is 2. The summed E-state index contributed by atoms with van der Waals surface area (Å²) in [6.45, 7) is 3.33. The van der Waals surface area contributed by atoms with Crippen LogP contribution in [0.25, 0.3) is 0 Å². The molecule has 6 nitrogen and oxygen atoms in total. The maximum Gasteiger partial charge on any atom is 0.255 e. The zero-order valence-corrected chi connectivity index (χ0v) is 15.1. The Labute approximate surface area is 157 Å². The number of nitrogens with one attached hydrogen (secondary N) is 1. The van der Waals surface area contributed by atoms with E-state index in [9.17, 15) is 14.0 Å².